The van der Waals surface area contributed by atoms with Crippen LogP contribution in [0.25, 0.3) is 0 Å². The van der Waals surface area contributed by atoms with Gasteiger partial charge in [-0.25, -0.2) is 0 Å². The van der Waals surface area contributed by atoms with E-state index in [9.17, 15) is 0 Å². The molecule has 70 valence electrons. The second-order valence-corrected chi connectivity index (χ2v) is 4.56. The molecule has 0 aromatic carbocycles. The molecule has 0 saturated heterocycles. The third kappa shape index (κ3) is 2.01. The van der Waals surface area contributed by atoms with Gasteiger partial charge >= 0.3 is 0 Å². The lowest BCUT2D eigenvalue weighted by Gasteiger charge is -2.28. The number of hydrogen-bond donors (Lipinski definition) is 1. The molecule has 0 aromatic heterocycles. The predicted molar refractivity (Wildman–Crippen MR) is 52.1 cm³/mol. The molecule has 0 radical (unpaired) electrons. The summed E-state index contributed by atoms with van der Waals surface area (Å²) in [5.41, 5.74) is 0. The van der Waals surface area contributed by atoms with Crippen LogP contribution in [0.4, 0.5) is 0 Å². The first-order valence-corrected chi connectivity index (χ1v) is 5.63. The van der Waals surface area contributed by atoms with Gasteiger partial charge in [0.25, 0.3) is 0 Å². The Kier molecular flexibility index (Phi) is 2.69. The van der Waals surface area contributed by atoms with Crippen molar-refractivity contribution in [3.05, 3.63) is 0 Å². The third-order valence-electron chi connectivity index (χ3n) is 3.52. The highest BCUT2D eigenvalue weighted by molar-refractivity contribution is 4.86. The minimum absolute atomic E-state index is 0.852. The summed E-state index contributed by atoms with van der Waals surface area (Å²) in [7, 11) is 0. The highest BCUT2D eigenvalue weighted by Gasteiger charge is 2.30. The van der Waals surface area contributed by atoms with Crippen molar-refractivity contribution in [1.82, 2.24) is 5.32 Å². The van der Waals surface area contributed by atoms with E-state index in [1.807, 2.05) is 0 Å². The summed E-state index contributed by atoms with van der Waals surface area (Å²) in [6.45, 7) is 3.62. The lowest BCUT2D eigenvalue weighted by atomic mass is 9.85. The standard InChI is InChI=1S/C11H21N/c1-2-11(10-6-7-10)12-8-9-4-3-5-9/h9-12H,2-8H2,1H3. The highest BCUT2D eigenvalue weighted by Crippen LogP contribution is 2.34. The van der Waals surface area contributed by atoms with Gasteiger partial charge in [-0.05, 0) is 50.5 Å². The molecule has 12 heavy (non-hydrogen) atoms. The summed E-state index contributed by atoms with van der Waals surface area (Å²) in [6.07, 6.45) is 8.73. The molecule has 0 aliphatic heterocycles. The molecule has 0 spiro atoms. The zero-order chi connectivity index (χ0) is 8.39. The second-order valence-electron chi connectivity index (χ2n) is 4.56. The molecule has 2 fully saturated rings. The normalized spacial score (nSPS) is 26.8. The Morgan fingerprint density at radius 3 is 2.42 bits per heavy atom. The molecule has 1 nitrogen and oxygen atoms in total. The van der Waals surface area contributed by atoms with Crippen molar-refractivity contribution in [2.24, 2.45) is 11.8 Å². The summed E-state index contributed by atoms with van der Waals surface area (Å²) in [4.78, 5) is 0. The molecule has 2 aliphatic carbocycles. The maximum absolute atomic E-state index is 3.73. The summed E-state index contributed by atoms with van der Waals surface area (Å²) >= 11 is 0. The van der Waals surface area contributed by atoms with Crippen LogP contribution in [0.2, 0.25) is 0 Å². The Labute approximate surface area is 75.9 Å². The summed E-state index contributed by atoms with van der Waals surface area (Å²) in [6, 6.07) is 0.852. The van der Waals surface area contributed by atoms with Gasteiger partial charge in [0.2, 0.25) is 0 Å². The second kappa shape index (κ2) is 3.78. The van der Waals surface area contributed by atoms with Gasteiger partial charge in [0.05, 0.1) is 0 Å². The molecule has 1 unspecified atom stereocenters. The minimum atomic E-state index is 0.852. The number of hydrogen-bond acceptors (Lipinski definition) is 1. The first-order valence-electron chi connectivity index (χ1n) is 5.63. The van der Waals surface area contributed by atoms with Crippen LogP contribution in [0.3, 0.4) is 0 Å². The zero-order valence-electron chi connectivity index (χ0n) is 8.18. The van der Waals surface area contributed by atoms with Gasteiger partial charge in [-0.15, -0.1) is 0 Å². The van der Waals surface area contributed by atoms with E-state index < -0.39 is 0 Å². The molecule has 1 atom stereocenters. The van der Waals surface area contributed by atoms with Crippen molar-refractivity contribution in [2.45, 2.75) is 51.5 Å². The van der Waals surface area contributed by atoms with Crippen molar-refractivity contribution in [3.8, 4) is 0 Å². The van der Waals surface area contributed by atoms with E-state index in [2.05, 4.69) is 12.2 Å². The maximum atomic E-state index is 3.73. The van der Waals surface area contributed by atoms with Crippen LogP contribution >= 0.6 is 0 Å². The fourth-order valence-electron chi connectivity index (χ4n) is 2.16. The van der Waals surface area contributed by atoms with Crippen molar-refractivity contribution in [2.75, 3.05) is 6.54 Å². The molecule has 2 saturated carbocycles. The Morgan fingerprint density at radius 2 is 2.00 bits per heavy atom. The maximum Gasteiger partial charge on any atom is 0.00928 e. The van der Waals surface area contributed by atoms with E-state index in [4.69, 9.17) is 0 Å². The number of nitrogens with one attached hydrogen (secondary N) is 1. The van der Waals surface area contributed by atoms with Crippen molar-refractivity contribution >= 4 is 0 Å². The molecule has 0 heterocycles. The number of rotatable bonds is 5. The van der Waals surface area contributed by atoms with E-state index in [0.29, 0.717) is 0 Å². The lowest BCUT2D eigenvalue weighted by Crippen LogP contribution is -2.36. The molecular formula is C11H21N. The Balaban J connectivity index is 1.62. The van der Waals surface area contributed by atoms with Crippen molar-refractivity contribution < 1.29 is 0 Å². The van der Waals surface area contributed by atoms with Crippen LogP contribution in [-0.4, -0.2) is 12.6 Å². The van der Waals surface area contributed by atoms with Gasteiger partial charge in [0, 0.05) is 6.04 Å². The first kappa shape index (κ1) is 8.55. The Bertz CT molecular complexity index is 136. The van der Waals surface area contributed by atoms with E-state index in [1.54, 1.807) is 0 Å². The first-order chi connectivity index (χ1) is 5.90. The highest BCUT2D eigenvalue weighted by atomic mass is 14.9. The molecule has 0 aromatic rings. The molecule has 1 heteroatoms. The molecule has 0 amide bonds. The lowest BCUT2D eigenvalue weighted by molar-refractivity contribution is 0.280. The summed E-state index contributed by atoms with van der Waals surface area (Å²) in [5, 5.41) is 3.73. The van der Waals surface area contributed by atoms with Gasteiger partial charge < -0.3 is 5.32 Å². The Morgan fingerprint density at radius 1 is 1.25 bits per heavy atom. The van der Waals surface area contributed by atoms with Gasteiger partial charge in [-0.3, -0.25) is 0 Å². The van der Waals surface area contributed by atoms with Crippen molar-refractivity contribution in [1.29, 1.82) is 0 Å². The molecule has 0 bridgehead atoms. The largest absolute Gasteiger partial charge is 0.313 e. The van der Waals surface area contributed by atoms with Crippen LogP contribution in [0.15, 0.2) is 0 Å². The average molecular weight is 167 g/mol. The van der Waals surface area contributed by atoms with Gasteiger partial charge in [-0.1, -0.05) is 13.3 Å². The van der Waals surface area contributed by atoms with E-state index in [-0.39, 0.29) is 0 Å². The fraction of sp³-hybridized carbons (Fsp3) is 1.00. The predicted octanol–water partition coefficient (Wildman–Crippen LogP) is 2.56. The van der Waals surface area contributed by atoms with E-state index in [0.717, 1.165) is 17.9 Å². The SMILES string of the molecule is CCC(NCC1CCC1)C1CC1. The van der Waals surface area contributed by atoms with Crippen LogP contribution in [-0.2, 0) is 0 Å². The van der Waals surface area contributed by atoms with Crippen LogP contribution < -0.4 is 5.32 Å². The quantitative estimate of drug-likeness (QED) is 0.663. The summed E-state index contributed by atoms with van der Waals surface area (Å²) in [5.74, 6) is 2.06. The van der Waals surface area contributed by atoms with Gasteiger partial charge in [-0.2, -0.15) is 0 Å². The third-order valence-corrected chi connectivity index (χ3v) is 3.52. The van der Waals surface area contributed by atoms with Crippen LogP contribution in [0.1, 0.15) is 45.4 Å². The molecular weight excluding hydrogens is 146 g/mol. The Hall–Kier alpha value is -0.0400. The fourth-order valence-corrected chi connectivity index (χ4v) is 2.16. The summed E-state index contributed by atoms with van der Waals surface area (Å²) < 4.78 is 0. The zero-order valence-corrected chi connectivity index (χ0v) is 8.18. The van der Waals surface area contributed by atoms with E-state index in [1.165, 1.54) is 45.1 Å². The topological polar surface area (TPSA) is 12.0 Å². The molecule has 2 rings (SSSR count). The average Bonchev–Trinajstić information content (AvgIpc) is 2.77. The van der Waals surface area contributed by atoms with Crippen molar-refractivity contribution in [3.63, 3.8) is 0 Å². The minimum Gasteiger partial charge on any atom is -0.313 e. The van der Waals surface area contributed by atoms with Gasteiger partial charge in [0.1, 0.15) is 0 Å². The smallest absolute Gasteiger partial charge is 0.00928 e. The van der Waals surface area contributed by atoms with Crippen LogP contribution in [0, 0.1) is 11.8 Å². The van der Waals surface area contributed by atoms with Gasteiger partial charge in [0.15, 0.2) is 0 Å². The molecule has 2 aliphatic rings. The monoisotopic (exact) mass is 167 g/mol. The molecule has 1 N–H and O–H groups in total. The van der Waals surface area contributed by atoms with E-state index >= 15 is 0 Å². The van der Waals surface area contributed by atoms with Crippen LogP contribution in [0.5, 0.6) is 0 Å².